The maximum Gasteiger partial charge on any atom is 0.165 e. The third-order valence-corrected chi connectivity index (χ3v) is 4.25. The average molecular weight is 335 g/mol. The minimum absolute atomic E-state index is 0.251. The molecule has 0 saturated heterocycles. The van der Waals surface area contributed by atoms with Gasteiger partial charge in [-0.1, -0.05) is 6.07 Å². The summed E-state index contributed by atoms with van der Waals surface area (Å²) < 4.78 is 20.5. The standard InChI is InChI=1S/C17H22FN3O3/c1-24-17-7-12(3-4-14(17)18)9-20-5-2-6-21-13(10-20)8-15(19-21)16(23)11-22/h3-4,7-8,16,22-23H,2,5-6,9-11H2,1H3/t16-/m1/s1. The summed E-state index contributed by atoms with van der Waals surface area (Å²) in [5.41, 5.74) is 2.48. The zero-order valence-corrected chi connectivity index (χ0v) is 13.7. The largest absolute Gasteiger partial charge is 0.494 e. The number of aliphatic hydroxyl groups is 2. The molecule has 1 atom stereocenters. The first-order chi connectivity index (χ1) is 11.6. The van der Waals surface area contributed by atoms with E-state index in [4.69, 9.17) is 9.84 Å². The number of hydrogen-bond donors (Lipinski definition) is 2. The number of nitrogens with zero attached hydrogens (tertiary/aromatic N) is 3. The van der Waals surface area contributed by atoms with Gasteiger partial charge >= 0.3 is 0 Å². The van der Waals surface area contributed by atoms with Crippen molar-refractivity contribution >= 4 is 0 Å². The molecule has 0 radical (unpaired) electrons. The quantitative estimate of drug-likeness (QED) is 0.866. The van der Waals surface area contributed by atoms with Gasteiger partial charge in [0.25, 0.3) is 0 Å². The van der Waals surface area contributed by atoms with Crippen LogP contribution in [0.3, 0.4) is 0 Å². The minimum Gasteiger partial charge on any atom is -0.494 e. The summed E-state index contributed by atoms with van der Waals surface area (Å²) in [5, 5.41) is 23.2. The Morgan fingerprint density at radius 1 is 1.33 bits per heavy atom. The van der Waals surface area contributed by atoms with Crippen LogP contribution in [0.15, 0.2) is 24.3 Å². The molecule has 0 aliphatic carbocycles. The average Bonchev–Trinajstić information content (AvgIpc) is 2.89. The number of aliphatic hydroxyl groups excluding tert-OH is 2. The highest BCUT2D eigenvalue weighted by Gasteiger charge is 2.19. The van der Waals surface area contributed by atoms with Crippen LogP contribution >= 0.6 is 0 Å². The highest BCUT2D eigenvalue weighted by molar-refractivity contribution is 5.30. The molecule has 1 aliphatic rings. The summed E-state index contributed by atoms with van der Waals surface area (Å²) in [6.07, 6.45) is -0.0129. The van der Waals surface area contributed by atoms with Gasteiger partial charge in [0.2, 0.25) is 0 Å². The molecular formula is C17H22FN3O3. The Morgan fingerprint density at radius 2 is 2.17 bits per heavy atom. The Hall–Kier alpha value is -1.96. The third-order valence-electron chi connectivity index (χ3n) is 4.25. The van der Waals surface area contributed by atoms with E-state index in [1.807, 2.05) is 10.7 Å². The molecule has 0 amide bonds. The highest BCUT2D eigenvalue weighted by atomic mass is 19.1. The first-order valence-corrected chi connectivity index (χ1v) is 8.01. The minimum atomic E-state index is -0.945. The summed E-state index contributed by atoms with van der Waals surface area (Å²) in [7, 11) is 1.46. The molecule has 1 aliphatic heterocycles. The van der Waals surface area contributed by atoms with E-state index in [0.717, 1.165) is 30.8 Å². The topological polar surface area (TPSA) is 70.8 Å². The highest BCUT2D eigenvalue weighted by Crippen LogP contribution is 2.22. The van der Waals surface area contributed by atoms with Crippen LogP contribution in [0.4, 0.5) is 4.39 Å². The molecule has 0 saturated carbocycles. The van der Waals surface area contributed by atoms with Crippen molar-refractivity contribution in [3.8, 4) is 5.75 Å². The van der Waals surface area contributed by atoms with Crippen molar-refractivity contribution in [1.82, 2.24) is 14.7 Å². The van der Waals surface area contributed by atoms with E-state index in [1.54, 1.807) is 12.1 Å². The van der Waals surface area contributed by atoms with Crippen molar-refractivity contribution < 1.29 is 19.3 Å². The van der Waals surface area contributed by atoms with Gasteiger partial charge in [-0.2, -0.15) is 5.10 Å². The van der Waals surface area contributed by atoms with Crippen molar-refractivity contribution in [2.24, 2.45) is 0 Å². The number of aromatic nitrogens is 2. The lowest BCUT2D eigenvalue weighted by molar-refractivity contribution is 0.0916. The van der Waals surface area contributed by atoms with Crippen molar-refractivity contribution in [3.63, 3.8) is 0 Å². The lowest BCUT2D eigenvalue weighted by Crippen LogP contribution is -2.22. The van der Waals surface area contributed by atoms with E-state index in [2.05, 4.69) is 10.00 Å². The molecule has 3 rings (SSSR count). The zero-order chi connectivity index (χ0) is 17.1. The molecule has 1 aromatic heterocycles. The van der Waals surface area contributed by atoms with Gasteiger partial charge in [0.15, 0.2) is 11.6 Å². The number of rotatable bonds is 5. The number of fused-ring (bicyclic) bond motifs is 1. The zero-order valence-electron chi connectivity index (χ0n) is 13.7. The van der Waals surface area contributed by atoms with Crippen molar-refractivity contribution in [1.29, 1.82) is 0 Å². The number of ether oxygens (including phenoxy) is 1. The van der Waals surface area contributed by atoms with Crippen molar-refractivity contribution in [3.05, 3.63) is 47.0 Å². The molecule has 0 bridgehead atoms. The molecule has 0 fully saturated rings. The van der Waals surface area contributed by atoms with E-state index >= 15 is 0 Å². The number of halogens is 1. The fraction of sp³-hybridized carbons (Fsp3) is 0.471. The Balaban J connectivity index is 1.75. The summed E-state index contributed by atoms with van der Waals surface area (Å²) >= 11 is 0. The summed E-state index contributed by atoms with van der Waals surface area (Å²) in [5.74, 6) is -0.112. The molecule has 1 aromatic carbocycles. The third kappa shape index (κ3) is 3.58. The lowest BCUT2D eigenvalue weighted by atomic mass is 10.2. The van der Waals surface area contributed by atoms with Crippen LogP contribution in [0.25, 0.3) is 0 Å². The van der Waals surface area contributed by atoms with Crippen LogP contribution in [-0.2, 0) is 19.6 Å². The SMILES string of the molecule is COc1cc(CN2CCCn3nc([C@H](O)CO)cc3C2)ccc1F. The maximum absolute atomic E-state index is 13.5. The molecule has 2 heterocycles. The fourth-order valence-electron chi connectivity index (χ4n) is 3.00. The van der Waals surface area contributed by atoms with Gasteiger partial charge in [-0.05, 0) is 30.2 Å². The van der Waals surface area contributed by atoms with Crippen LogP contribution in [-0.4, -0.2) is 45.2 Å². The number of benzene rings is 1. The smallest absolute Gasteiger partial charge is 0.165 e. The fourth-order valence-corrected chi connectivity index (χ4v) is 3.00. The second kappa shape index (κ2) is 7.29. The van der Waals surface area contributed by atoms with Crippen LogP contribution in [0.1, 0.15) is 29.5 Å². The Labute approximate surface area is 140 Å². The predicted molar refractivity (Wildman–Crippen MR) is 86.0 cm³/mol. The number of aryl methyl sites for hydroxylation is 1. The summed E-state index contributed by atoms with van der Waals surface area (Å²) in [6.45, 7) is 2.71. The normalized spacial score (nSPS) is 16.5. The maximum atomic E-state index is 13.5. The molecule has 2 aromatic rings. The van der Waals surface area contributed by atoms with E-state index < -0.39 is 6.10 Å². The van der Waals surface area contributed by atoms with Crippen LogP contribution in [0.2, 0.25) is 0 Å². The molecule has 7 heteroatoms. The second-order valence-electron chi connectivity index (χ2n) is 6.02. The van der Waals surface area contributed by atoms with Crippen LogP contribution in [0, 0.1) is 5.82 Å². The van der Waals surface area contributed by atoms with Crippen LogP contribution < -0.4 is 4.74 Å². The van der Waals surface area contributed by atoms with Crippen molar-refractivity contribution in [2.45, 2.75) is 32.2 Å². The van der Waals surface area contributed by atoms with Gasteiger partial charge in [0, 0.05) is 26.2 Å². The Kier molecular flexibility index (Phi) is 5.13. The van der Waals surface area contributed by atoms with Crippen LogP contribution in [0.5, 0.6) is 5.75 Å². The second-order valence-corrected chi connectivity index (χ2v) is 6.02. The number of methoxy groups -OCH3 is 1. The lowest BCUT2D eigenvalue weighted by Gasteiger charge is -2.20. The summed E-state index contributed by atoms with van der Waals surface area (Å²) in [4.78, 5) is 2.25. The summed E-state index contributed by atoms with van der Waals surface area (Å²) in [6, 6.07) is 6.75. The molecule has 0 spiro atoms. The van der Waals surface area contributed by atoms with Gasteiger partial charge in [-0.15, -0.1) is 0 Å². The Morgan fingerprint density at radius 3 is 2.92 bits per heavy atom. The first-order valence-electron chi connectivity index (χ1n) is 8.01. The Bertz CT molecular complexity index is 704. The van der Waals surface area contributed by atoms with E-state index in [-0.39, 0.29) is 18.2 Å². The van der Waals surface area contributed by atoms with E-state index in [9.17, 15) is 9.50 Å². The monoisotopic (exact) mass is 335 g/mol. The van der Waals surface area contributed by atoms with Gasteiger partial charge in [-0.25, -0.2) is 4.39 Å². The van der Waals surface area contributed by atoms with Gasteiger partial charge in [0.05, 0.1) is 25.1 Å². The predicted octanol–water partition coefficient (Wildman–Crippen LogP) is 1.46. The molecule has 6 nitrogen and oxygen atoms in total. The van der Waals surface area contributed by atoms with E-state index in [0.29, 0.717) is 18.8 Å². The molecule has 0 unspecified atom stereocenters. The molecule has 2 N–H and O–H groups in total. The molecule has 24 heavy (non-hydrogen) atoms. The molecular weight excluding hydrogens is 313 g/mol. The van der Waals surface area contributed by atoms with Crippen molar-refractivity contribution in [2.75, 3.05) is 20.3 Å². The first kappa shape index (κ1) is 16.9. The molecule has 130 valence electrons. The number of hydrogen-bond acceptors (Lipinski definition) is 5. The van der Waals surface area contributed by atoms with Gasteiger partial charge < -0.3 is 14.9 Å². The van der Waals surface area contributed by atoms with Gasteiger partial charge in [0.1, 0.15) is 6.10 Å². The van der Waals surface area contributed by atoms with Gasteiger partial charge in [-0.3, -0.25) is 9.58 Å². The van der Waals surface area contributed by atoms with E-state index in [1.165, 1.54) is 13.2 Å².